The normalized spacial score (nSPS) is 18.8. The summed E-state index contributed by atoms with van der Waals surface area (Å²) in [6.45, 7) is 4.97. The van der Waals surface area contributed by atoms with Crippen LogP contribution in [-0.4, -0.2) is 82.7 Å². The van der Waals surface area contributed by atoms with E-state index in [9.17, 15) is 34.2 Å². The number of amides is 3. The average Bonchev–Trinajstić information content (AvgIpc) is 2.94. The number of carboxylic acids is 1. The number of nitrogens with one attached hydrogen (secondary N) is 3. The third-order valence-electron chi connectivity index (χ3n) is 6.58. The zero-order chi connectivity index (χ0) is 31.0. The molecule has 4 atom stereocenters. The fraction of sp³-hybridized carbons (Fsp3) is 0.429. The van der Waals surface area contributed by atoms with Gasteiger partial charge in [-0.15, -0.1) is 0 Å². The molecule has 0 radical (unpaired) electrons. The summed E-state index contributed by atoms with van der Waals surface area (Å²) in [5.74, 6) is -5.77. The number of pyridine rings is 1. The van der Waals surface area contributed by atoms with Gasteiger partial charge in [-0.05, 0) is 31.4 Å². The Hall–Kier alpha value is -4.30. The third kappa shape index (κ3) is 8.14. The van der Waals surface area contributed by atoms with Gasteiger partial charge in [0.2, 0.25) is 5.91 Å². The zero-order valence-corrected chi connectivity index (χ0v) is 23.8. The summed E-state index contributed by atoms with van der Waals surface area (Å²) in [5.41, 5.74) is -0.725. The Balaban J connectivity index is 1.83. The van der Waals surface area contributed by atoms with Gasteiger partial charge < -0.3 is 35.5 Å². The summed E-state index contributed by atoms with van der Waals surface area (Å²) in [7, 11) is -0.249. The molecule has 1 aliphatic rings. The molecule has 2 heterocycles. The quantitative estimate of drug-likeness (QED) is 0.223. The molecular formula is C28H35BN4O9. The molecule has 3 amide bonds. The molecule has 1 aromatic carbocycles. The number of carbonyl (C=O) groups is 5. The lowest BCUT2D eigenvalue weighted by atomic mass is 9.70. The van der Waals surface area contributed by atoms with Crippen molar-refractivity contribution in [1.29, 1.82) is 0 Å². The number of aliphatic carboxylic acids is 1. The van der Waals surface area contributed by atoms with Crippen LogP contribution in [0, 0.1) is 5.92 Å². The van der Waals surface area contributed by atoms with Gasteiger partial charge in [0.15, 0.2) is 5.60 Å². The molecule has 2 aromatic rings. The van der Waals surface area contributed by atoms with E-state index in [0.29, 0.717) is 5.69 Å². The molecule has 5 N–H and O–H groups in total. The number of nitrogens with zero attached hydrogens (tertiary/aromatic N) is 1. The van der Waals surface area contributed by atoms with Crippen molar-refractivity contribution in [2.75, 3.05) is 7.05 Å². The van der Waals surface area contributed by atoms with Crippen molar-refractivity contribution in [3.05, 3.63) is 54.2 Å². The lowest BCUT2D eigenvalue weighted by Crippen LogP contribution is -2.64. The highest BCUT2D eigenvalue weighted by atomic mass is 16.6. The summed E-state index contributed by atoms with van der Waals surface area (Å²) in [5, 5.41) is 27.3. The second kappa shape index (κ2) is 14.1. The first-order chi connectivity index (χ1) is 19.8. The molecule has 0 spiro atoms. The third-order valence-corrected chi connectivity index (χ3v) is 6.58. The SMILES string of the molecule is CNC(=O)C1(CC(=O)O)CC(=O)OB([C@H](CC(C)C)NC(=O)[C@@H](NC(=O)c2cccc(-c3ccccc3)n2)[C@@H](C)O)O1. The second-order valence-corrected chi connectivity index (χ2v) is 10.5. The van der Waals surface area contributed by atoms with Gasteiger partial charge in [-0.1, -0.05) is 50.2 Å². The van der Waals surface area contributed by atoms with Gasteiger partial charge in [0.05, 0.1) is 30.6 Å². The average molecular weight is 582 g/mol. The van der Waals surface area contributed by atoms with Crippen LogP contribution in [0.2, 0.25) is 0 Å². The number of carboxylic acid groups (broad SMARTS) is 1. The largest absolute Gasteiger partial charge is 0.552 e. The Labute approximate surface area is 243 Å². The highest BCUT2D eigenvalue weighted by molar-refractivity contribution is 6.50. The van der Waals surface area contributed by atoms with Crippen molar-refractivity contribution in [2.24, 2.45) is 5.92 Å². The lowest BCUT2D eigenvalue weighted by Gasteiger charge is -2.39. The number of hydrogen-bond donors (Lipinski definition) is 5. The van der Waals surface area contributed by atoms with Crippen molar-refractivity contribution < 1.29 is 43.5 Å². The number of aliphatic hydroxyl groups is 1. The summed E-state index contributed by atoms with van der Waals surface area (Å²) < 4.78 is 11.1. The first kappa shape index (κ1) is 32.2. The molecule has 224 valence electrons. The van der Waals surface area contributed by atoms with Crippen molar-refractivity contribution >= 4 is 36.8 Å². The molecule has 1 aromatic heterocycles. The van der Waals surface area contributed by atoms with Crippen molar-refractivity contribution in [1.82, 2.24) is 20.9 Å². The standard InChI is InChI=1S/C28H35BN4O9/c1-16(2)13-21(29-41-23(37)15-28(42-29,14-22(35)36)27(40)30-4)32-26(39)24(17(3)34)33-25(38)20-12-8-11-19(31-20)18-9-6-5-7-10-18/h5-12,16-17,21,24,34H,13-15H2,1-4H3,(H,30,40)(H,32,39)(H,33,38)(H,35,36)/t17-,21+,24+,28?/m1/s1. The number of hydrogen-bond acceptors (Lipinski definition) is 9. The fourth-order valence-corrected chi connectivity index (χ4v) is 4.62. The lowest BCUT2D eigenvalue weighted by molar-refractivity contribution is -0.164. The maximum Gasteiger partial charge on any atom is 0.552 e. The van der Waals surface area contributed by atoms with E-state index in [1.54, 1.807) is 12.1 Å². The van der Waals surface area contributed by atoms with Gasteiger partial charge in [0.1, 0.15) is 11.7 Å². The first-order valence-electron chi connectivity index (χ1n) is 13.5. The summed E-state index contributed by atoms with van der Waals surface area (Å²) in [6, 6.07) is 12.6. The van der Waals surface area contributed by atoms with Crippen LogP contribution in [0.25, 0.3) is 11.3 Å². The van der Waals surface area contributed by atoms with E-state index in [1.807, 2.05) is 44.2 Å². The predicted octanol–water partition coefficient (Wildman–Crippen LogP) is 0.709. The smallest absolute Gasteiger partial charge is 0.508 e. The Kier molecular flexibility index (Phi) is 10.8. The molecule has 42 heavy (non-hydrogen) atoms. The fourth-order valence-electron chi connectivity index (χ4n) is 4.62. The molecular weight excluding hydrogens is 547 g/mol. The first-order valence-corrected chi connectivity index (χ1v) is 13.5. The van der Waals surface area contributed by atoms with E-state index in [4.69, 9.17) is 9.31 Å². The number of rotatable bonds is 12. The zero-order valence-electron chi connectivity index (χ0n) is 23.8. The Morgan fingerprint density at radius 2 is 1.74 bits per heavy atom. The molecule has 13 nitrogen and oxygen atoms in total. The minimum absolute atomic E-state index is 0.0158. The molecule has 1 fully saturated rings. The van der Waals surface area contributed by atoms with Gasteiger partial charge in [-0.2, -0.15) is 0 Å². The van der Waals surface area contributed by atoms with E-state index in [0.717, 1.165) is 5.56 Å². The number of likely N-dealkylation sites (N-methyl/N-ethyl adjacent to an activating group) is 1. The topological polar surface area (TPSA) is 193 Å². The summed E-state index contributed by atoms with van der Waals surface area (Å²) >= 11 is 0. The predicted molar refractivity (Wildman–Crippen MR) is 151 cm³/mol. The minimum atomic E-state index is -2.06. The van der Waals surface area contributed by atoms with E-state index in [-0.39, 0.29) is 18.0 Å². The molecule has 0 aliphatic carbocycles. The monoisotopic (exact) mass is 582 g/mol. The van der Waals surface area contributed by atoms with Gasteiger partial charge >= 0.3 is 13.1 Å². The highest BCUT2D eigenvalue weighted by Gasteiger charge is 2.54. The van der Waals surface area contributed by atoms with Crippen molar-refractivity contribution in [3.63, 3.8) is 0 Å². The highest BCUT2D eigenvalue weighted by Crippen LogP contribution is 2.30. The van der Waals surface area contributed by atoms with Gasteiger partial charge in [-0.25, -0.2) is 4.98 Å². The number of aliphatic hydroxyl groups excluding tert-OH is 1. The van der Waals surface area contributed by atoms with Crippen LogP contribution in [-0.2, 0) is 28.5 Å². The number of benzene rings is 1. The molecule has 1 unspecified atom stereocenters. The number of carbonyl (C=O) groups excluding carboxylic acids is 4. The van der Waals surface area contributed by atoms with Gasteiger partial charge in [0, 0.05) is 12.6 Å². The molecule has 0 bridgehead atoms. The maximum atomic E-state index is 13.4. The molecule has 1 aliphatic heterocycles. The van der Waals surface area contributed by atoms with Crippen molar-refractivity contribution in [2.45, 2.75) is 63.7 Å². The number of aromatic nitrogens is 1. The Morgan fingerprint density at radius 1 is 1.05 bits per heavy atom. The van der Waals surface area contributed by atoms with Crippen LogP contribution >= 0.6 is 0 Å². The van der Waals surface area contributed by atoms with E-state index >= 15 is 0 Å². The van der Waals surface area contributed by atoms with Crippen LogP contribution in [0.4, 0.5) is 0 Å². The molecule has 3 rings (SSSR count). The van der Waals surface area contributed by atoms with Gasteiger partial charge in [0.25, 0.3) is 17.8 Å². The molecule has 14 heteroatoms. The Morgan fingerprint density at radius 3 is 2.33 bits per heavy atom. The summed E-state index contributed by atoms with van der Waals surface area (Å²) in [4.78, 5) is 67.7. The van der Waals surface area contributed by atoms with Gasteiger partial charge in [-0.3, -0.25) is 24.0 Å². The minimum Gasteiger partial charge on any atom is -0.508 e. The van der Waals surface area contributed by atoms with E-state index in [1.165, 1.54) is 20.0 Å². The maximum absolute atomic E-state index is 13.4. The molecule has 0 saturated carbocycles. The van der Waals surface area contributed by atoms with Crippen LogP contribution in [0.5, 0.6) is 0 Å². The van der Waals surface area contributed by atoms with E-state index in [2.05, 4.69) is 20.9 Å². The van der Waals surface area contributed by atoms with Crippen LogP contribution < -0.4 is 16.0 Å². The molecule has 1 saturated heterocycles. The van der Waals surface area contributed by atoms with Crippen LogP contribution in [0.15, 0.2) is 48.5 Å². The second-order valence-electron chi connectivity index (χ2n) is 10.5. The van der Waals surface area contributed by atoms with Crippen LogP contribution in [0.1, 0.15) is 50.5 Å². The Bertz CT molecular complexity index is 1300. The van der Waals surface area contributed by atoms with Crippen molar-refractivity contribution in [3.8, 4) is 11.3 Å². The van der Waals surface area contributed by atoms with E-state index < -0.39 is 73.3 Å². The van der Waals surface area contributed by atoms with Crippen LogP contribution in [0.3, 0.4) is 0 Å². The summed E-state index contributed by atoms with van der Waals surface area (Å²) in [6.07, 6.45) is -2.62.